The topological polar surface area (TPSA) is 32.3 Å². The van der Waals surface area contributed by atoms with Crippen molar-refractivity contribution in [3.63, 3.8) is 0 Å². The van der Waals surface area contributed by atoms with Gasteiger partial charge in [-0.1, -0.05) is 12.1 Å². The van der Waals surface area contributed by atoms with Crippen LogP contribution in [0.25, 0.3) is 0 Å². The molecule has 1 aromatic rings. The Morgan fingerprint density at radius 3 is 3.14 bits per heavy atom. The van der Waals surface area contributed by atoms with Crippen LogP contribution in [0.5, 0.6) is 0 Å². The molecular weight excluding hydrogens is 174 g/mol. The Morgan fingerprint density at radius 2 is 2.36 bits per heavy atom. The molecule has 2 rings (SSSR count). The summed E-state index contributed by atoms with van der Waals surface area (Å²) in [5, 5.41) is 12.7. The van der Waals surface area contributed by atoms with Crippen molar-refractivity contribution in [3.05, 3.63) is 29.3 Å². The van der Waals surface area contributed by atoms with Crippen molar-refractivity contribution >= 4 is 5.69 Å². The van der Waals surface area contributed by atoms with Crippen molar-refractivity contribution < 1.29 is 5.11 Å². The molecule has 0 saturated carbocycles. The largest absolute Gasteiger partial charge is 0.393 e. The van der Waals surface area contributed by atoms with E-state index in [2.05, 4.69) is 23.5 Å². The van der Waals surface area contributed by atoms with Crippen LogP contribution in [0, 0.1) is 0 Å². The van der Waals surface area contributed by atoms with Crippen molar-refractivity contribution in [3.8, 4) is 0 Å². The van der Waals surface area contributed by atoms with Gasteiger partial charge >= 0.3 is 0 Å². The van der Waals surface area contributed by atoms with Crippen LogP contribution in [-0.2, 0) is 12.8 Å². The number of nitrogens with one attached hydrogen (secondary N) is 1. The predicted molar refractivity (Wildman–Crippen MR) is 58.6 cm³/mol. The number of aryl methyl sites for hydroxylation is 1. The Morgan fingerprint density at radius 1 is 1.50 bits per heavy atom. The summed E-state index contributed by atoms with van der Waals surface area (Å²) in [5.74, 6) is 0. The number of aliphatic hydroxyl groups excluding tert-OH is 1. The molecule has 1 aliphatic heterocycles. The Kier molecular flexibility index (Phi) is 2.73. The zero-order valence-electron chi connectivity index (χ0n) is 8.59. The summed E-state index contributed by atoms with van der Waals surface area (Å²) in [4.78, 5) is 0. The third-order valence-corrected chi connectivity index (χ3v) is 2.64. The van der Waals surface area contributed by atoms with Gasteiger partial charge in [-0.2, -0.15) is 0 Å². The van der Waals surface area contributed by atoms with Crippen molar-refractivity contribution in [1.82, 2.24) is 0 Å². The molecule has 1 aliphatic rings. The highest BCUT2D eigenvalue weighted by molar-refractivity contribution is 5.54. The molecule has 0 aliphatic carbocycles. The summed E-state index contributed by atoms with van der Waals surface area (Å²) >= 11 is 0. The van der Waals surface area contributed by atoms with Gasteiger partial charge < -0.3 is 10.4 Å². The predicted octanol–water partition coefficient (Wildman–Crippen LogP) is 1.97. The molecule has 76 valence electrons. The van der Waals surface area contributed by atoms with Crippen molar-refractivity contribution in [2.24, 2.45) is 0 Å². The summed E-state index contributed by atoms with van der Waals surface area (Å²) in [6.07, 6.45) is 2.89. The molecule has 0 radical (unpaired) electrons. The molecule has 1 atom stereocenters. The molecule has 2 nitrogen and oxygen atoms in total. The van der Waals surface area contributed by atoms with Gasteiger partial charge in [-0.3, -0.25) is 0 Å². The van der Waals surface area contributed by atoms with Crippen molar-refractivity contribution in [2.75, 3.05) is 11.9 Å². The molecule has 14 heavy (non-hydrogen) atoms. The maximum atomic E-state index is 9.29. The van der Waals surface area contributed by atoms with E-state index in [9.17, 15) is 5.11 Å². The van der Waals surface area contributed by atoms with Crippen LogP contribution >= 0.6 is 0 Å². The fraction of sp³-hybridized carbons (Fsp3) is 0.500. The van der Waals surface area contributed by atoms with Crippen LogP contribution in [0.15, 0.2) is 18.2 Å². The summed E-state index contributed by atoms with van der Waals surface area (Å²) in [6, 6.07) is 6.45. The van der Waals surface area contributed by atoms with Gasteiger partial charge in [0.25, 0.3) is 0 Å². The van der Waals surface area contributed by atoms with E-state index in [1.807, 2.05) is 6.92 Å². The van der Waals surface area contributed by atoms with Crippen LogP contribution in [0.2, 0.25) is 0 Å². The summed E-state index contributed by atoms with van der Waals surface area (Å²) in [7, 11) is 0. The van der Waals surface area contributed by atoms with Gasteiger partial charge in [-0.05, 0) is 43.4 Å². The zero-order chi connectivity index (χ0) is 9.97. The molecule has 1 heterocycles. The second-order valence-electron chi connectivity index (χ2n) is 4.07. The average Bonchev–Trinajstić information content (AvgIpc) is 2.17. The highest BCUT2D eigenvalue weighted by Gasteiger charge is 2.09. The number of fused-ring (bicyclic) bond motifs is 1. The molecule has 0 aromatic heterocycles. The van der Waals surface area contributed by atoms with Gasteiger partial charge in [0.1, 0.15) is 0 Å². The second kappa shape index (κ2) is 4.01. The Balaban J connectivity index is 2.20. The third kappa shape index (κ3) is 2.07. The normalized spacial score (nSPS) is 17.0. The molecular formula is C12H17NO. The minimum Gasteiger partial charge on any atom is -0.393 e. The fourth-order valence-electron chi connectivity index (χ4n) is 2.00. The zero-order valence-corrected chi connectivity index (χ0v) is 8.59. The number of hydrogen-bond donors (Lipinski definition) is 2. The molecule has 0 fully saturated rings. The number of aliphatic hydroxyl groups is 1. The van der Waals surface area contributed by atoms with E-state index in [4.69, 9.17) is 0 Å². The lowest BCUT2D eigenvalue weighted by atomic mass is 9.98. The van der Waals surface area contributed by atoms with Crippen molar-refractivity contribution in [1.29, 1.82) is 0 Å². The Labute approximate surface area is 85.0 Å². The number of benzene rings is 1. The van der Waals surface area contributed by atoms with Crippen LogP contribution in [0.1, 0.15) is 24.5 Å². The van der Waals surface area contributed by atoms with E-state index in [0.717, 1.165) is 19.4 Å². The first kappa shape index (κ1) is 9.53. The molecule has 1 aromatic carbocycles. The first-order valence-corrected chi connectivity index (χ1v) is 5.29. The van der Waals surface area contributed by atoms with Gasteiger partial charge in [0.2, 0.25) is 0 Å². The van der Waals surface area contributed by atoms with Gasteiger partial charge in [0.15, 0.2) is 0 Å². The molecule has 2 N–H and O–H groups in total. The van der Waals surface area contributed by atoms with E-state index >= 15 is 0 Å². The molecule has 0 bridgehead atoms. The van der Waals surface area contributed by atoms with E-state index in [0.29, 0.717) is 0 Å². The van der Waals surface area contributed by atoms with Gasteiger partial charge in [-0.15, -0.1) is 0 Å². The van der Waals surface area contributed by atoms with Crippen LogP contribution in [0.3, 0.4) is 0 Å². The Hall–Kier alpha value is -1.02. The molecule has 1 unspecified atom stereocenters. The minimum atomic E-state index is -0.246. The van der Waals surface area contributed by atoms with Crippen LogP contribution in [0.4, 0.5) is 5.69 Å². The number of anilines is 1. The maximum Gasteiger partial charge on any atom is 0.0552 e. The van der Waals surface area contributed by atoms with E-state index < -0.39 is 0 Å². The Bertz CT molecular complexity index is 320. The maximum absolute atomic E-state index is 9.29. The number of rotatable bonds is 2. The van der Waals surface area contributed by atoms with Crippen molar-refractivity contribution in [2.45, 2.75) is 32.3 Å². The SMILES string of the molecule is CC(O)Cc1ccc2c(c1)CCCN2. The second-order valence-corrected chi connectivity index (χ2v) is 4.07. The minimum absolute atomic E-state index is 0.246. The molecule has 0 spiro atoms. The van der Waals surface area contributed by atoms with Crippen LogP contribution in [-0.4, -0.2) is 17.8 Å². The molecule has 0 saturated heterocycles. The van der Waals surface area contributed by atoms with E-state index in [1.165, 1.54) is 23.2 Å². The highest BCUT2D eigenvalue weighted by atomic mass is 16.3. The monoisotopic (exact) mass is 191 g/mol. The lowest BCUT2D eigenvalue weighted by Crippen LogP contribution is -2.12. The highest BCUT2D eigenvalue weighted by Crippen LogP contribution is 2.23. The molecule has 2 heteroatoms. The van der Waals surface area contributed by atoms with Gasteiger partial charge in [-0.25, -0.2) is 0 Å². The average molecular weight is 191 g/mol. The van der Waals surface area contributed by atoms with Gasteiger partial charge in [0, 0.05) is 12.2 Å². The summed E-state index contributed by atoms with van der Waals surface area (Å²) in [5.41, 5.74) is 3.91. The van der Waals surface area contributed by atoms with Gasteiger partial charge in [0.05, 0.1) is 6.10 Å². The van der Waals surface area contributed by atoms with E-state index in [-0.39, 0.29) is 6.10 Å². The third-order valence-electron chi connectivity index (χ3n) is 2.64. The van der Waals surface area contributed by atoms with Crippen LogP contribution < -0.4 is 5.32 Å². The first-order valence-electron chi connectivity index (χ1n) is 5.29. The summed E-state index contributed by atoms with van der Waals surface area (Å²) in [6.45, 7) is 2.92. The lowest BCUT2D eigenvalue weighted by molar-refractivity contribution is 0.195. The van der Waals surface area contributed by atoms with E-state index in [1.54, 1.807) is 0 Å². The first-order chi connectivity index (χ1) is 6.75. The quantitative estimate of drug-likeness (QED) is 0.749. The number of hydrogen-bond acceptors (Lipinski definition) is 2. The molecule has 0 amide bonds. The lowest BCUT2D eigenvalue weighted by Gasteiger charge is -2.18. The summed E-state index contributed by atoms with van der Waals surface area (Å²) < 4.78 is 0. The fourth-order valence-corrected chi connectivity index (χ4v) is 2.00. The smallest absolute Gasteiger partial charge is 0.0552 e. The standard InChI is InChI=1S/C12H17NO/c1-9(14)7-10-4-5-12-11(8-10)3-2-6-13-12/h4-5,8-9,13-14H,2-3,6-7H2,1H3.